The van der Waals surface area contributed by atoms with Crippen LogP contribution in [0.15, 0.2) is 23.2 Å². The number of anilines is 1. The molecular formula is C11H17N3O2S. The van der Waals surface area contributed by atoms with Crippen LogP contribution >= 0.6 is 0 Å². The molecule has 0 unspecified atom stereocenters. The Bertz CT molecular complexity index is 464. The molecule has 1 aliphatic rings. The molecule has 2 rings (SSSR count). The second-order valence-corrected chi connectivity index (χ2v) is 5.95. The maximum absolute atomic E-state index is 12.0. The van der Waals surface area contributed by atoms with Gasteiger partial charge in [-0.25, -0.2) is 18.1 Å². The first-order valence-corrected chi connectivity index (χ1v) is 7.26. The lowest BCUT2D eigenvalue weighted by Crippen LogP contribution is -2.32. The molecule has 6 heteroatoms. The first-order chi connectivity index (χ1) is 8.12. The van der Waals surface area contributed by atoms with Crippen LogP contribution in [0.25, 0.3) is 0 Å². The van der Waals surface area contributed by atoms with Gasteiger partial charge in [0, 0.05) is 19.3 Å². The van der Waals surface area contributed by atoms with Gasteiger partial charge >= 0.3 is 0 Å². The Kier molecular flexibility index (Phi) is 3.63. The van der Waals surface area contributed by atoms with E-state index < -0.39 is 10.0 Å². The number of hydrogen-bond donors (Lipinski definition) is 2. The van der Waals surface area contributed by atoms with Crippen molar-refractivity contribution in [2.45, 2.75) is 36.6 Å². The number of rotatable bonds is 4. The summed E-state index contributed by atoms with van der Waals surface area (Å²) in [4.78, 5) is 4.23. The Labute approximate surface area is 102 Å². The molecule has 0 aromatic carbocycles. The zero-order valence-electron chi connectivity index (χ0n) is 9.81. The fraction of sp³-hybridized carbons (Fsp3) is 0.545. The molecule has 1 fully saturated rings. The standard InChI is InChI=1S/C11H17N3O2S/c1-12-11-7-6-10(8-13-11)17(15,16)14-9-4-2-3-5-9/h6-9,14H,2-5H2,1H3,(H,12,13). The maximum atomic E-state index is 12.0. The zero-order valence-corrected chi connectivity index (χ0v) is 10.6. The molecule has 1 heterocycles. The summed E-state index contributed by atoms with van der Waals surface area (Å²) in [6.07, 6.45) is 5.44. The van der Waals surface area contributed by atoms with Gasteiger partial charge in [0.25, 0.3) is 0 Å². The third kappa shape index (κ3) is 2.95. The van der Waals surface area contributed by atoms with Crippen LogP contribution in [0, 0.1) is 0 Å². The molecule has 1 aromatic rings. The Morgan fingerprint density at radius 3 is 2.53 bits per heavy atom. The van der Waals surface area contributed by atoms with E-state index in [1.165, 1.54) is 6.20 Å². The van der Waals surface area contributed by atoms with Crippen molar-refractivity contribution in [3.8, 4) is 0 Å². The zero-order chi connectivity index (χ0) is 12.3. The van der Waals surface area contributed by atoms with Crippen molar-refractivity contribution in [2.75, 3.05) is 12.4 Å². The molecule has 0 radical (unpaired) electrons. The van der Waals surface area contributed by atoms with Gasteiger partial charge in [0.15, 0.2) is 0 Å². The van der Waals surface area contributed by atoms with E-state index in [9.17, 15) is 8.42 Å². The van der Waals surface area contributed by atoms with Gasteiger partial charge in [0.05, 0.1) is 0 Å². The van der Waals surface area contributed by atoms with Crippen molar-refractivity contribution in [2.24, 2.45) is 0 Å². The fourth-order valence-corrected chi connectivity index (χ4v) is 3.27. The van der Waals surface area contributed by atoms with Gasteiger partial charge in [-0.05, 0) is 25.0 Å². The van der Waals surface area contributed by atoms with Crippen LogP contribution in [0.2, 0.25) is 0 Å². The van der Waals surface area contributed by atoms with Gasteiger partial charge in [-0.1, -0.05) is 12.8 Å². The van der Waals surface area contributed by atoms with Crippen molar-refractivity contribution < 1.29 is 8.42 Å². The molecule has 2 N–H and O–H groups in total. The summed E-state index contributed by atoms with van der Waals surface area (Å²) in [5.74, 6) is 0.657. The maximum Gasteiger partial charge on any atom is 0.242 e. The second-order valence-electron chi connectivity index (χ2n) is 4.23. The van der Waals surface area contributed by atoms with E-state index in [4.69, 9.17) is 0 Å². The molecule has 17 heavy (non-hydrogen) atoms. The van der Waals surface area contributed by atoms with E-state index >= 15 is 0 Å². The molecule has 1 aliphatic carbocycles. The first kappa shape index (κ1) is 12.3. The van der Waals surface area contributed by atoms with Crippen LogP contribution in [-0.4, -0.2) is 26.5 Å². The average Bonchev–Trinajstić information content (AvgIpc) is 2.81. The van der Waals surface area contributed by atoms with Crippen LogP contribution in [0.4, 0.5) is 5.82 Å². The lowest BCUT2D eigenvalue weighted by molar-refractivity contribution is 0.552. The highest BCUT2D eigenvalue weighted by molar-refractivity contribution is 7.89. The molecule has 0 atom stereocenters. The van der Waals surface area contributed by atoms with Crippen molar-refractivity contribution in [1.29, 1.82) is 0 Å². The van der Waals surface area contributed by atoms with E-state index in [1.54, 1.807) is 19.2 Å². The quantitative estimate of drug-likeness (QED) is 0.852. The van der Waals surface area contributed by atoms with E-state index in [2.05, 4.69) is 15.0 Å². The van der Waals surface area contributed by atoms with Crippen LogP contribution in [0.1, 0.15) is 25.7 Å². The van der Waals surface area contributed by atoms with Gasteiger partial charge in [0.1, 0.15) is 10.7 Å². The highest BCUT2D eigenvalue weighted by Gasteiger charge is 2.22. The number of hydrogen-bond acceptors (Lipinski definition) is 4. The van der Waals surface area contributed by atoms with Gasteiger partial charge in [-0.15, -0.1) is 0 Å². The number of nitrogens with one attached hydrogen (secondary N) is 2. The Morgan fingerprint density at radius 1 is 1.29 bits per heavy atom. The van der Waals surface area contributed by atoms with Crippen molar-refractivity contribution in [3.05, 3.63) is 18.3 Å². The normalized spacial score (nSPS) is 17.2. The summed E-state index contributed by atoms with van der Waals surface area (Å²) in [5, 5.41) is 2.85. The van der Waals surface area contributed by atoms with Crippen LogP contribution < -0.4 is 10.0 Å². The molecule has 1 aromatic heterocycles. The highest BCUT2D eigenvalue weighted by Crippen LogP contribution is 2.20. The predicted octanol–water partition coefficient (Wildman–Crippen LogP) is 1.34. The largest absolute Gasteiger partial charge is 0.373 e. The molecule has 0 amide bonds. The third-order valence-electron chi connectivity index (χ3n) is 2.98. The van der Waals surface area contributed by atoms with E-state index in [-0.39, 0.29) is 10.9 Å². The van der Waals surface area contributed by atoms with Gasteiger partial charge < -0.3 is 5.32 Å². The molecule has 0 spiro atoms. The SMILES string of the molecule is CNc1ccc(S(=O)(=O)NC2CCCC2)cn1. The Balaban J connectivity index is 2.12. The number of sulfonamides is 1. The first-order valence-electron chi connectivity index (χ1n) is 5.78. The summed E-state index contributed by atoms with van der Waals surface area (Å²) < 4.78 is 26.8. The number of nitrogens with zero attached hydrogens (tertiary/aromatic N) is 1. The topological polar surface area (TPSA) is 71.1 Å². The van der Waals surface area contributed by atoms with E-state index in [0.29, 0.717) is 5.82 Å². The smallest absolute Gasteiger partial charge is 0.242 e. The Morgan fingerprint density at radius 2 is 2.00 bits per heavy atom. The molecule has 5 nitrogen and oxygen atoms in total. The summed E-state index contributed by atoms with van der Waals surface area (Å²) in [7, 11) is -1.67. The molecule has 94 valence electrons. The van der Waals surface area contributed by atoms with Gasteiger partial charge in [-0.2, -0.15) is 0 Å². The van der Waals surface area contributed by atoms with E-state index in [1.807, 2.05) is 0 Å². The number of aromatic nitrogens is 1. The Hall–Kier alpha value is -1.14. The van der Waals surface area contributed by atoms with E-state index in [0.717, 1.165) is 25.7 Å². The molecule has 0 saturated heterocycles. The van der Waals surface area contributed by atoms with Crippen molar-refractivity contribution in [3.63, 3.8) is 0 Å². The van der Waals surface area contributed by atoms with Crippen LogP contribution in [0.5, 0.6) is 0 Å². The molecular weight excluding hydrogens is 238 g/mol. The highest BCUT2D eigenvalue weighted by atomic mass is 32.2. The van der Waals surface area contributed by atoms with Crippen LogP contribution in [-0.2, 0) is 10.0 Å². The molecule has 0 bridgehead atoms. The average molecular weight is 255 g/mol. The summed E-state index contributed by atoms with van der Waals surface area (Å²) in [6, 6.07) is 3.31. The van der Waals surface area contributed by atoms with Gasteiger partial charge in [-0.3, -0.25) is 0 Å². The molecule has 0 aliphatic heterocycles. The fourth-order valence-electron chi connectivity index (χ4n) is 2.02. The predicted molar refractivity (Wildman–Crippen MR) is 66.4 cm³/mol. The summed E-state index contributed by atoms with van der Waals surface area (Å²) in [6.45, 7) is 0. The lowest BCUT2D eigenvalue weighted by atomic mass is 10.3. The third-order valence-corrected chi connectivity index (χ3v) is 4.49. The van der Waals surface area contributed by atoms with Gasteiger partial charge in [0.2, 0.25) is 10.0 Å². The molecule has 1 saturated carbocycles. The lowest BCUT2D eigenvalue weighted by Gasteiger charge is -2.12. The minimum absolute atomic E-state index is 0.0870. The minimum Gasteiger partial charge on any atom is -0.373 e. The van der Waals surface area contributed by atoms with Crippen LogP contribution in [0.3, 0.4) is 0 Å². The minimum atomic E-state index is -3.41. The second kappa shape index (κ2) is 5.01. The van der Waals surface area contributed by atoms with Crippen molar-refractivity contribution >= 4 is 15.8 Å². The van der Waals surface area contributed by atoms with Crippen molar-refractivity contribution in [1.82, 2.24) is 9.71 Å². The monoisotopic (exact) mass is 255 g/mol. The summed E-state index contributed by atoms with van der Waals surface area (Å²) >= 11 is 0. The summed E-state index contributed by atoms with van der Waals surface area (Å²) in [5.41, 5.74) is 0. The number of pyridine rings is 1.